The molecule has 0 spiro atoms. The van der Waals surface area contributed by atoms with Gasteiger partial charge in [-0.3, -0.25) is 0 Å². The molecule has 0 aliphatic rings. The van der Waals surface area contributed by atoms with E-state index < -0.39 is 0 Å². The Morgan fingerprint density at radius 3 is 2.65 bits per heavy atom. The molecule has 0 fully saturated rings. The van der Waals surface area contributed by atoms with Crippen LogP contribution in [0.5, 0.6) is 0 Å². The molecule has 0 aliphatic heterocycles. The standard InChI is InChI=1S/C18H11BrO/c19-14-6-3-5-13(10-14)16-11-20-17-9-8-12-4-1-2-7-15(12)18(16)17/h1-11H. The van der Waals surface area contributed by atoms with E-state index in [9.17, 15) is 0 Å². The van der Waals surface area contributed by atoms with Crippen LogP contribution in [0.25, 0.3) is 32.9 Å². The lowest BCUT2D eigenvalue weighted by Gasteiger charge is -2.03. The zero-order valence-corrected chi connectivity index (χ0v) is 12.2. The molecular weight excluding hydrogens is 312 g/mol. The lowest BCUT2D eigenvalue weighted by molar-refractivity contribution is 0.617. The topological polar surface area (TPSA) is 13.1 Å². The molecule has 1 aromatic heterocycles. The van der Waals surface area contributed by atoms with Gasteiger partial charge in [-0.05, 0) is 34.5 Å². The first-order chi connectivity index (χ1) is 9.83. The Kier molecular flexibility index (Phi) is 2.64. The quantitative estimate of drug-likeness (QED) is 0.418. The van der Waals surface area contributed by atoms with Gasteiger partial charge in [0.05, 0.1) is 6.26 Å². The third-order valence-electron chi connectivity index (χ3n) is 3.60. The summed E-state index contributed by atoms with van der Waals surface area (Å²) in [6.45, 7) is 0. The fraction of sp³-hybridized carbons (Fsp3) is 0. The molecule has 0 amide bonds. The number of benzene rings is 3. The van der Waals surface area contributed by atoms with E-state index in [1.165, 1.54) is 16.2 Å². The Morgan fingerprint density at radius 2 is 1.75 bits per heavy atom. The van der Waals surface area contributed by atoms with E-state index in [-0.39, 0.29) is 0 Å². The van der Waals surface area contributed by atoms with Crippen molar-refractivity contribution in [3.63, 3.8) is 0 Å². The van der Waals surface area contributed by atoms with E-state index in [1.807, 2.05) is 24.5 Å². The number of rotatable bonds is 1. The first kappa shape index (κ1) is 11.7. The van der Waals surface area contributed by atoms with Crippen LogP contribution in [-0.2, 0) is 0 Å². The minimum Gasteiger partial charge on any atom is -0.464 e. The lowest BCUT2D eigenvalue weighted by Crippen LogP contribution is -1.78. The highest BCUT2D eigenvalue weighted by Crippen LogP contribution is 2.36. The van der Waals surface area contributed by atoms with Gasteiger partial charge >= 0.3 is 0 Å². The van der Waals surface area contributed by atoms with E-state index in [2.05, 4.69) is 58.4 Å². The van der Waals surface area contributed by atoms with Crippen molar-refractivity contribution in [1.29, 1.82) is 0 Å². The normalized spacial score (nSPS) is 11.2. The van der Waals surface area contributed by atoms with Crippen LogP contribution in [0, 0.1) is 0 Å². The van der Waals surface area contributed by atoms with Gasteiger partial charge in [0.1, 0.15) is 5.58 Å². The molecule has 0 saturated carbocycles. The van der Waals surface area contributed by atoms with E-state index in [0.717, 1.165) is 21.2 Å². The molecule has 1 nitrogen and oxygen atoms in total. The van der Waals surface area contributed by atoms with Gasteiger partial charge in [0, 0.05) is 15.4 Å². The van der Waals surface area contributed by atoms with Crippen LogP contribution in [0.15, 0.2) is 75.8 Å². The van der Waals surface area contributed by atoms with Crippen LogP contribution in [0.3, 0.4) is 0 Å². The summed E-state index contributed by atoms with van der Waals surface area (Å²) >= 11 is 3.53. The van der Waals surface area contributed by atoms with Crippen LogP contribution in [0.2, 0.25) is 0 Å². The molecule has 0 radical (unpaired) electrons. The van der Waals surface area contributed by atoms with E-state index >= 15 is 0 Å². The largest absolute Gasteiger partial charge is 0.464 e. The van der Waals surface area contributed by atoms with Crippen molar-refractivity contribution >= 4 is 37.7 Å². The molecule has 3 aromatic carbocycles. The van der Waals surface area contributed by atoms with Crippen molar-refractivity contribution in [2.45, 2.75) is 0 Å². The van der Waals surface area contributed by atoms with Gasteiger partial charge in [0.15, 0.2) is 0 Å². The average molecular weight is 323 g/mol. The first-order valence-electron chi connectivity index (χ1n) is 6.48. The summed E-state index contributed by atoms with van der Waals surface area (Å²) in [5.74, 6) is 0. The molecule has 2 heteroatoms. The molecule has 0 bridgehead atoms. The Hall–Kier alpha value is -2.06. The summed E-state index contributed by atoms with van der Waals surface area (Å²) in [7, 11) is 0. The number of hydrogen-bond donors (Lipinski definition) is 0. The van der Waals surface area contributed by atoms with Crippen LogP contribution in [0.4, 0.5) is 0 Å². The van der Waals surface area contributed by atoms with Crippen LogP contribution < -0.4 is 0 Å². The Balaban J connectivity index is 2.12. The van der Waals surface area contributed by atoms with E-state index in [4.69, 9.17) is 4.42 Å². The third kappa shape index (κ3) is 1.76. The molecule has 4 aromatic rings. The van der Waals surface area contributed by atoms with Crippen LogP contribution >= 0.6 is 15.9 Å². The summed E-state index contributed by atoms with van der Waals surface area (Å²) in [5.41, 5.74) is 3.23. The summed E-state index contributed by atoms with van der Waals surface area (Å²) in [6.07, 6.45) is 1.85. The molecule has 96 valence electrons. The number of furan rings is 1. The maximum atomic E-state index is 5.74. The smallest absolute Gasteiger partial charge is 0.135 e. The summed E-state index contributed by atoms with van der Waals surface area (Å²) in [4.78, 5) is 0. The van der Waals surface area contributed by atoms with Crippen LogP contribution in [-0.4, -0.2) is 0 Å². The zero-order chi connectivity index (χ0) is 13.5. The van der Waals surface area contributed by atoms with Gasteiger partial charge in [0.25, 0.3) is 0 Å². The Bertz CT molecular complexity index is 921. The zero-order valence-electron chi connectivity index (χ0n) is 10.6. The fourth-order valence-electron chi connectivity index (χ4n) is 2.68. The highest BCUT2D eigenvalue weighted by Gasteiger charge is 2.11. The van der Waals surface area contributed by atoms with Gasteiger partial charge in [-0.1, -0.05) is 58.4 Å². The summed E-state index contributed by atoms with van der Waals surface area (Å²) < 4.78 is 6.81. The van der Waals surface area contributed by atoms with Gasteiger partial charge in [-0.15, -0.1) is 0 Å². The van der Waals surface area contributed by atoms with Crippen molar-refractivity contribution in [2.75, 3.05) is 0 Å². The van der Waals surface area contributed by atoms with Crippen molar-refractivity contribution in [3.8, 4) is 11.1 Å². The average Bonchev–Trinajstić information content (AvgIpc) is 2.91. The van der Waals surface area contributed by atoms with Gasteiger partial charge < -0.3 is 4.42 Å². The van der Waals surface area contributed by atoms with E-state index in [1.54, 1.807) is 0 Å². The van der Waals surface area contributed by atoms with Gasteiger partial charge in [-0.25, -0.2) is 0 Å². The Labute approximate surface area is 125 Å². The number of halogens is 1. The fourth-order valence-corrected chi connectivity index (χ4v) is 3.08. The maximum absolute atomic E-state index is 5.74. The molecule has 0 unspecified atom stereocenters. The van der Waals surface area contributed by atoms with Crippen molar-refractivity contribution in [1.82, 2.24) is 0 Å². The molecule has 0 saturated heterocycles. The number of hydrogen-bond acceptors (Lipinski definition) is 1. The minimum atomic E-state index is 0.929. The second kappa shape index (κ2) is 4.50. The molecule has 0 atom stereocenters. The SMILES string of the molecule is Brc1cccc(-c2coc3ccc4ccccc4c23)c1. The molecule has 20 heavy (non-hydrogen) atoms. The second-order valence-corrected chi connectivity index (χ2v) is 5.74. The molecule has 0 aliphatic carbocycles. The third-order valence-corrected chi connectivity index (χ3v) is 4.09. The molecule has 0 N–H and O–H groups in total. The summed E-state index contributed by atoms with van der Waals surface area (Å²) in [6, 6.07) is 20.9. The maximum Gasteiger partial charge on any atom is 0.135 e. The summed E-state index contributed by atoms with van der Waals surface area (Å²) in [5, 5.41) is 3.65. The lowest BCUT2D eigenvalue weighted by atomic mass is 9.99. The minimum absolute atomic E-state index is 0.929. The van der Waals surface area contributed by atoms with Gasteiger partial charge in [-0.2, -0.15) is 0 Å². The predicted molar refractivity (Wildman–Crippen MR) is 86.9 cm³/mol. The Morgan fingerprint density at radius 1 is 0.850 bits per heavy atom. The second-order valence-electron chi connectivity index (χ2n) is 4.82. The highest BCUT2D eigenvalue weighted by molar-refractivity contribution is 9.10. The van der Waals surface area contributed by atoms with Crippen LogP contribution in [0.1, 0.15) is 0 Å². The first-order valence-corrected chi connectivity index (χ1v) is 7.27. The molecule has 4 rings (SSSR count). The van der Waals surface area contributed by atoms with Gasteiger partial charge in [0.2, 0.25) is 0 Å². The van der Waals surface area contributed by atoms with Crippen molar-refractivity contribution in [2.24, 2.45) is 0 Å². The molecular formula is C18H11BrO. The monoisotopic (exact) mass is 322 g/mol. The predicted octanol–water partition coefficient (Wildman–Crippen LogP) is 6.02. The highest BCUT2D eigenvalue weighted by atomic mass is 79.9. The number of fused-ring (bicyclic) bond motifs is 3. The van der Waals surface area contributed by atoms with Crippen molar-refractivity contribution < 1.29 is 4.42 Å². The van der Waals surface area contributed by atoms with Crippen molar-refractivity contribution in [3.05, 3.63) is 71.4 Å². The van der Waals surface area contributed by atoms with E-state index in [0.29, 0.717) is 0 Å². The molecule has 1 heterocycles.